The van der Waals surface area contributed by atoms with Gasteiger partial charge in [0.05, 0.1) is 25.9 Å². The number of ether oxygens (including phenoxy) is 3. The second kappa shape index (κ2) is 5.59. The summed E-state index contributed by atoms with van der Waals surface area (Å²) in [4.78, 5) is 1.27. The second-order valence-electron chi connectivity index (χ2n) is 4.81. The van der Waals surface area contributed by atoms with Gasteiger partial charge >= 0.3 is 0 Å². The van der Waals surface area contributed by atoms with Crippen molar-refractivity contribution in [2.45, 2.75) is 44.2 Å². The van der Waals surface area contributed by atoms with Crippen molar-refractivity contribution in [3.8, 4) is 0 Å². The Bertz CT molecular complexity index is 391. The topological polar surface area (TPSA) is 27.7 Å². The van der Waals surface area contributed by atoms with E-state index in [0.29, 0.717) is 12.7 Å². The van der Waals surface area contributed by atoms with Crippen molar-refractivity contribution in [3.05, 3.63) is 20.8 Å². The Morgan fingerprint density at radius 1 is 1.33 bits per heavy atom. The highest BCUT2D eigenvalue weighted by Gasteiger charge is 2.40. The fourth-order valence-corrected chi connectivity index (χ4v) is 3.99. The van der Waals surface area contributed by atoms with Crippen LogP contribution in [0.2, 0.25) is 0 Å². The van der Waals surface area contributed by atoms with E-state index in [0.717, 1.165) is 43.4 Å². The molecule has 0 amide bonds. The van der Waals surface area contributed by atoms with E-state index in [4.69, 9.17) is 14.2 Å². The minimum atomic E-state index is -0.274. The molecule has 1 spiro atoms. The number of thiophene rings is 1. The maximum absolute atomic E-state index is 5.98. The molecular weight excluding hydrogens is 316 g/mol. The molecule has 1 aromatic heterocycles. The first-order chi connectivity index (χ1) is 8.77. The van der Waals surface area contributed by atoms with Gasteiger partial charge in [-0.15, -0.1) is 11.3 Å². The minimum absolute atomic E-state index is 0.274. The number of halogens is 1. The lowest BCUT2D eigenvalue weighted by molar-refractivity contribution is -0.192. The van der Waals surface area contributed by atoms with E-state index >= 15 is 0 Å². The van der Waals surface area contributed by atoms with Gasteiger partial charge in [0.15, 0.2) is 5.79 Å². The Hall–Kier alpha value is 0.0600. The van der Waals surface area contributed by atoms with Crippen molar-refractivity contribution in [1.29, 1.82) is 0 Å². The van der Waals surface area contributed by atoms with Gasteiger partial charge in [0.1, 0.15) is 0 Å². The predicted octanol–water partition coefficient (Wildman–Crippen LogP) is 3.71. The van der Waals surface area contributed by atoms with Crippen LogP contribution < -0.4 is 0 Å². The van der Waals surface area contributed by atoms with E-state index in [9.17, 15) is 0 Å². The predicted molar refractivity (Wildman–Crippen MR) is 73.7 cm³/mol. The molecule has 1 saturated carbocycles. The van der Waals surface area contributed by atoms with Crippen LogP contribution in [0.1, 0.15) is 30.6 Å². The largest absolute Gasteiger partial charge is 0.373 e. The Kier molecular flexibility index (Phi) is 4.06. The van der Waals surface area contributed by atoms with Crippen molar-refractivity contribution in [2.75, 3.05) is 13.2 Å². The Morgan fingerprint density at radius 2 is 2.06 bits per heavy atom. The molecule has 2 fully saturated rings. The van der Waals surface area contributed by atoms with Crippen LogP contribution in [0, 0.1) is 0 Å². The summed E-state index contributed by atoms with van der Waals surface area (Å²) >= 11 is 5.27. The lowest BCUT2D eigenvalue weighted by atomic mass is 9.92. The van der Waals surface area contributed by atoms with Gasteiger partial charge in [-0.05, 0) is 40.2 Å². The van der Waals surface area contributed by atoms with Crippen LogP contribution in [0.3, 0.4) is 0 Å². The lowest BCUT2D eigenvalue weighted by Gasteiger charge is -2.35. The van der Waals surface area contributed by atoms with Crippen molar-refractivity contribution in [1.82, 2.24) is 0 Å². The number of rotatable bonds is 3. The monoisotopic (exact) mass is 332 g/mol. The highest BCUT2D eigenvalue weighted by molar-refractivity contribution is 9.10. The van der Waals surface area contributed by atoms with Gasteiger partial charge in [-0.1, -0.05) is 0 Å². The molecule has 0 aromatic carbocycles. The average Bonchev–Trinajstić information content (AvgIpc) is 2.99. The fraction of sp³-hybridized carbons (Fsp3) is 0.692. The van der Waals surface area contributed by atoms with Crippen LogP contribution in [0.4, 0.5) is 0 Å². The van der Waals surface area contributed by atoms with E-state index in [2.05, 4.69) is 27.4 Å². The van der Waals surface area contributed by atoms with Gasteiger partial charge in [-0.25, -0.2) is 0 Å². The number of hydrogen-bond acceptors (Lipinski definition) is 4. The van der Waals surface area contributed by atoms with Crippen molar-refractivity contribution in [3.63, 3.8) is 0 Å². The molecule has 0 bridgehead atoms. The van der Waals surface area contributed by atoms with Crippen molar-refractivity contribution in [2.24, 2.45) is 0 Å². The summed E-state index contributed by atoms with van der Waals surface area (Å²) in [5, 5.41) is 2.08. The van der Waals surface area contributed by atoms with Crippen LogP contribution >= 0.6 is 27.3 Å². The van der Waals surface area contributed by atoms with Crippen LogP contribution in [0.25, 0.3) is 0 Å². The van der Waals surface area contributed by atoms with Crippen molar-refractivity contribution < 1.29 is 14.2 Å². The Labute approximate surface area is 120 Å². The quantitative estimate of drug-likeness (QED) is 0.844. The first-order valence-electron chi connectivity index (χ1n) is 6.39. The van der Waals surface area contributed by atoms with Crippen LogP contribution in [0.15, 0.2) is 15.9 Å². The maximum atomic E-state index is 5.98. The van der Waals surface area contributed by atoms with E-state index in [-0.39, 0.29) is 5.79 Å². The first kappa shape index (κ1) is 13.1. The Balaban J connectivity index is 1.47. The van der Waals surface area contributed by atoms with Gasteiger partial charge in [-0.3, -0.25) is 0 Å². The third-order valence-electron chi connectivity index (χ3n) is 3.65. The summed E-state index contributed by atoms with van der Waals surface area (Å²) in [6.07, 6.45) is 4.33. The molecular formula is C13H17BrO3S. The second-order valence-corrected chi connectivity index (χ2v) is 6.66. The molecule has 1 aromatic rings. The molecule has 18 heavy (non-hydrogen) atoms. The molecule has 5 heteroatoms. The van der Waals surface area contributed by atoms with Crippen molar-refractivity contribution >= 4 is 27.3 Å². The van der Waals surface area contributed by atoms with Crippen LogP contribution in [-0.4, -0.2) is 25.1 Å². The fourth-order valence-electron chi connectivity index (χ4n) is 2.61. The SMILES string of the molecule is Brc1ccsc1COC1CCC2(CC1)OCCO2. The standard InChI is InChI=1S/C13H17BrO3S/c14-11-3-8-18-12(11)9-15-10-1-4-13(5-2-10)16-6-7-17-13/h3,8,10H,1-2,4-7,9H2. The summed E-state index contributed by atoms with van der Waals surface area (Å²) in [5.41, 5.74) is 0. The third kappa shape index (κ3) is 2.80. The van der Waals surface area contributed by atoms with Gasteiger partial charge < -0.3 is 14.2 Å². The van der Waals surface area contributed by atoms with E-state index in [1.807, 2.05) is 0 Å². The third-order valence-corrected chi connectivity index (χ3v) is 5.55. The van der Waals surface area contributed by atoms with E-state index in [1.165, 1.54) is 4.88 Å². The van der Waals surface area contributed by atoms with Crippen LogP contribution in [-0.2, 0) is 20.8 Å². The molecule has 0 atom stereocenters. The smallest absolute Gasteiger partial charge is 0.168 e. The first-order valence-corrected chi connectivity index (χ1v) is 8.06. The van der Waals surface area contributed by atoms with Gasteiger partial charge in [-0.2, -0.15) is 0 Å². The number of hydrogen-bond donors (Lipinski definition) is 0. The summed E-state index contributed by atoms with van der Waals surface area (Å²) in [7, 11) is 0. The summed E-state index contributed by atoms with van der Waals surface area (Å²) in [6.45, 7) is 2.19. The van der Waals surface area contributed by atoms with E-state index < -0.39 is 0 Å². The molecule has 100 valence electrons. The molecule has 0 unspecified atom stereocenters. The zero-order valence-corrected chi connectivity index (χ0v) is 12.6. The zero-order chi connectivity index (χ0) is 12.4. The molecule has 3 rings (SSSR count). The highest BCUT2D eigenvalue weighted by atomic mass is 79.9. The normalized spacial score (nSPS) is 23.8. The molecule has 1 saturated heterocycles. The average molecular weight is 333 g/mol. The van der Waals surface area contributed by atoms with Crippen LogP contribution in [0.5, 0.6) is 0 Å². The molecule has 1 aliphatic heterocycles. The summed E-state index contributed by atoms with van der Waals surface area (Å²) in [5.74, 6) is -0.274. The molecule has 2 heterocycles. The minimum Gasteiger partial charge on any atom is -0.373 e. The summed E-state index contributed by atoms with van der Waals surface area (Å²) in [6, 6.07) is 2.07. The molecule has 3 nitrogen and oxygen atoms in total. The molecule has 0 radical (unpaired) electrons. The van der Waals surface area contributed by atoms with Gasteiger partial charge in [0, 0.05) is 22.2 Å². The summed E-state index contributed by atoms with van der Waals surface area (Å²) < 4.78 is 18.6. The van der Waals surface area contributed by atoms with E-state index in [1.54, 1.807) is 11.3 Å². The Morgan fingerprint density at radius 3 is 2.67 bits per heavy atom. The molecule has 0 N–H and O–H groups in total. The highest BCUT2D eigenvalue weighted by Crippen LogP contribution is 2.37. The maximum Gasteiger partial charge on any atom is 0.168 e. The lowest BCUT2D eigenvalue weighted by Crippen LogP contribution is -2.37. The molecule has 1 aliphatic carbocycles. The van der Waals surface area contributed by atoms with Gasteiger partial charge in [0.2, 0.25) is 0 Å². The van der Waals surface area contributed by atoms with Gasteiger partial charge in [0.25, 0.3) is 0 Å². The molecule has 2 aliphatic rings. The zero-order valence-electron chi connectivity index (χ0n) is 10.2.